The third kappa shape index (κ3) is 3.85. The van der Waals surface area contributed by atoms with Crippen molar-refractivity contribution in [2.45, 2.75) is 45.4 Å². The highest BCUT2D eigenvalue weighted by Gasteiger charge is 2.43. The van der Waals surface area contributed by atoms with Crippen LogP contribution in [0.25, 0.3) is 19.5 Å². The molecular weight excluding hydrogens is 382 g/mol. The van der Waals surface area contributed by atoms with Crippen molar-refractivity contribution in [2.75, 3.05) is 0 Å². The molecule has 1 atom stereocenters. The lowest BCUT2D eigenvalue weighted by Gasteiger charge is -2.39. The first-order chi connectivity index (χ1) is 12.2. The van der Waals surface area contributed by atoms with E-state index in [0.717, 1.165) is 4.88 Å². The normalized spacial score (nSPS) is 14.3. The van der Waals surface area contributed by atoms with E-state index >= 15 is 0 Å². The number of aliphatic hydroxyl groups is 1. The molecule has 0 amide bonds. The van der Waals surface area contributed by atoms with E-state index in [9.17, 15) is 9.90 Å². The number of thiophene rings is 3. The summed E-state index contributed by atoms with van der Waals surface area (Å²) in [4.78, 5) is 18.3. The van der Waals surface area contributed by atoms with Crippen LogP contribution in [0.1, 0.15) is 32.6 Å². The molecule has 0 radical (unpaired) electrons. The van der Waals surface area contributed by atoms with Crippen LogP contribution in [0.3, 0.4) is 0 Å². The van der Waals surface area contributed by atoms with Gasteiger partial charge in [0.05, 0.1) is 5.60 Å². The van der Waals surface area contributed by atoms with Gasteiger partial charge < -0.3 is 5.11 Å². The second-order valence-corrected chi connectivity index (χ2v) is 10.2. The van der Waals surface area contributed by atoms with Gasteiger partial charge in [0, 0.05) is 30.9 Å². The summed E-state index contributed by atoms with van der Waals surface area (Å²) >= 11 is 5.27. The highest BCUT2D eigenvalue weighted by molar-refractivity contribution is 7.26. The molecule has 3 aromatic rings. The molecule has 2 N–H and O–H groups in total. The van der Waals surface area contributed by atoms with Crippen LogP contribution in [0.2, 0.25) is 0 Å². The fraction of sp³-hybridized carbons (Fsp3) is 0.350. The molecule has 3 aromatic heterocycles. The fourth-order valence-electron chi connectivity index (χ4n) is 2.66. The van der Waals surface area contributed by atoms with Crippen molar-refractivity contribution in [1.82, 2.24) is 5.32 Å². The number of hydrogen-bond donors (Lipinski definition) is 2. The third-order valence-electron chi connectivity index (χ3n) is 4.82. The Morgan fingerprint density at radius 1 is 1.00 bits per heavy atom. The number of Topliss-reactive ketones (excluding diaryl/α,β-unsaturated/α-hetero) is 1. The predicted molar refractivity (Wildman–Crippen MR) is 113 cm³/mol. The summed E-state index contributed by atoms with van der Waals surface area (Å²) in [6, 6.07) is 12.8. The van der Waals surface area contributed by atoms with Gasteiger partial charge in [0.2, 0.25) is 0 Å². The second-order valence-electron chi connectivity index (χ2n) is 7.00. The zero-order valence-electron chi connectivity index (χ0n) is 15.3. The molecule has 6 heteroatoms. The molecule has 26 heavy (non-hydrogen) atoms. The van der Waals surface area contributed by atoms with Gasteiger partial charge in [-0.25, -0.2) is 0 Å². The van der Waals surface area contributed by atoms with Gasteiger partial charge in [0.1, 0.15) is 5.54 Å². The van der Waals surface area contributed by atoms with Crippen LogP contribution >= 0.6 is 34.0 Å². The van der Waals surface area contributed by atoms with Crippen LogP contribution in [0.15, 0.2) is 41.8 Å². The Morgan fingerprint density at radius 3 is 2.19 bits per heavy atom. The smallest absolute Gasteiger partial charge is 0.152 e. The summed E-state index contributed by atoms with van der Waals surface area (Å²) in [6.45, 7) is 7.16. The van der Waals surface area contributed by atoms with Gasteiger partial charge in [0.15, 0.2) is 5.78 Å². The minimum absolute atomic E-state index is 0.0689. The van der Waals surface area contributed by atoms with Crippen molar-refractivity contribution < 1.29 is 9.90 Å². The average molecular weight is 406 g/mol. The lowest BCUT2D eigenvalue weighted by molar-refractivity contribution is -0.132. The highest BCUT2D eigenvalue weighted by Crippen LogP contribution is 2.39. The SMILES string of the molecule is CC(=O)C(C)(NCc1ccc(-c2ccc(-c3cccs3)s2)s1)C(C)(C)O. The molecule has 0 aliphatic carbocycles. The van der Waals surface area contributed by atoms with E-state index in [4.69, 9.17) is 0 Å². The summed E-state index contributed by atoms with van der Waals surface area (Å²) in [7, 11) is 0. The molecular formula is C20H23NO2S3. The van der Waals surface area contributed by atoms with Crippen LogP contribution in [-0.4, -0.2) is 22.0 Å². The molecule has 3 heterocycles. The minimum Gasteiger partial charge on any atom is -0.388 e. The summed E-state index contributed by atoms with van der Waals surface area (Å²) in [5.74, 6) is -0.0689. The van der Waals surface area contributed by atoms with E-state index in [2.05, 4.69) is 47.1 Å². The molecule has 138 valence electrons. The summed E-state index contributed by atoms with van der Waals surface area (Å²) in [5.41, 5.74) is -2.12. The number of rotatable bonds is 7. The lowest BCUT2D eigenvalue weighted by atomic mass is 9.81. The van der Waals surface area contributed by atoms with Gasteiger partial charge in [-0.05, 0) is 63.4 Å². The van der Waals surface area contributed by atoms with Crippen molar-refractivity contribution in [3.63, 3.8) is 0 Å². The van der Waals surface area contributed by atoms with Crippen molar-refractivity contribution >= 4 is 39.8 Å². The molecule has 3 rings (SSSR count). The zero-order valence-corrected chi connectivity index (χ0v) is 17.8. The number of nitrogens with one attached hydrogen (secondary N) is 1. The Kier molecular flexibility index (Phi) is 5.51. The van der Waals surface area contributed by atoms with Crippen LogP contribution in [0, 0.1) is 0 Å². The second kappa shape index (κ2) is 7.37. The Balaban J connectivity index is 1.73. The van der Waals surface area contributed by atoms with E-state index in [1.165, 1.54) is 26.4 Å². The molecule has 0 saturated carbocycles. The summed E-state index contributed by atoms with van der Waals surface area (Å²) < 4.78 is 0. The maximum atomic E-state index is 12.1. The molecule has 0 fully saturated rings. The topological polar surface area (TPSA) is 49.3 Å². The minimum atomic E-state index is -1.14. The molecule has 0 saturated heterocycles. The lowest BCUT2D eigenvalue weighted by Crippen LogP contribution is -2.62. The van der Waals surface area contributed by atoms with E-state index < -0.39 is 11.1 Å². The monoisotopic (exact) mass is 405 g/mol. The maximum absolute atomic E-state index is 12.1. The Morgan fingerprint density at radius 2 is 1.62 bits per heavy atom. The molecule has 0 aliphatic heterocycles. The molecule has 3 nitrogen and oxygen atoms in total. The maximum Gasteiger partial charge on any atom is 0.152 e. The van der Waals surface area contributed by atoms with Crippen LogP contribution in [0.4, 0.5) is 0 Å². The summed E-state index contributed by atoms with van der Waals surface area (Å²) in [5, 5.41) is 15.7. The van der Waals surface area contributed by atoms with Crippen LogP contribution < -0.4 is 5.32 Å². The third-order valence-corrected chi connectivity index (χ3v) is 8.25. The van der Waals surface area contributed by atoms with Crippen LogP contribution in [-0.2, 0) is 11.3 Å². The van der Waals surface area contributed by atoms with Crippen molar-refractivity contribution in [3.8, 4) is 19.5 Å². The van der Waals surface area contributed by atoms with E-state index in [1.807, 2.05) is 0 Å². The molecule has 1 unspecified atom stereocenters. The number of carbonyl (C=O) groups is 1. The van der Waals surface area contributed by atoms with Gasteiger partial charge in [-0.2, -0.15) is 0 Å². The molecule has 0 bridgehead atoms. The Hall–Kier alpha value is -1.31. The Bertz CT molecular complexity index is 886. The van der Waals surface area contributed by atoms with Gasteiger partial charge in [-0.3, -0.25) is 10.1 Å². The highest BCUT2D eigenvalue weighted by atomic mass is 32.1. The van der Waals surface area contributed by atoms with Gasteiger partial charge in [-0.1, -0.05) is 6.07 Å². The van der Waals surface area contributed by atoms with Gasteiger partial charge in [-0.15, -0.1) is 34.0 Å². The largest absolute Gasteiger partial charge is 0.388 e. The van der Waals surface area contributed by atoms with Gasteiger partial charge >= 0.3 is 0 Å². The number of carbonyl (C=O) groups excluding carboxylic acids is 1. The first kappa shape index (κ1) is 19.5. The molecule has 0 aromatic carbocycles. The van der Waals surface area contributed by atoms with E-state index in [-0.39, 0.29) is 5.78 Å². The van der Waals surface area contributed by atoms with Gasteiger partial charge in [0.25, 0.3) is 0 Å². The fourth-order valence-corrected chi connectivity index (χ4v) is 5.54. The van der Waals surface area contributed by atoms with E-state index in [0.29, 0.717) is 6.54 Å². The zero-order chi connectivity index (χ0) is 18.9. The number of ketones is 1. The number of hydrogen-bond acceptors (Lipinski definition) is 6. The quantitative estimate of drug-likeness (QED) is 0.552. The molecule has 0 aliphatic rings. The first-order valence-corrected chi connectivity index (χ1v) is 10.9. The Labute approximate surface area is 166 Å². The average Bonchev–Trinajstić information content (AvgIpc) is 3.30. The standard InChI is InChI=1S/C20H23NO2S3/c1-13(22)20(4,19(2,3)23)21-12-14-7-8-17(25-14)18-10-9-16(26-18)15-6-5-11-24-15/h5-11,21,23H,12H2,1-4H3. The van der Waals surface area contributed by atoms with Crippen LogP contribution in [0.5, 0.6) is 0 Å². The predicted octanol–water partition coefficient (Wildman–Crippen LogP) is 5.41. The first-order valence-electron chi connectivity index (χ1n) is 8.42. The van der Waals surface area contributed by atoms with E-state index in [1.54, 1.807) is 54.8 Å². The summed E-state index contributed by atoms with van der Waals surface area (Å²) in [6.07, 6.45) is 0. The molecule has 0 spiro atoms. The van der Waals surface area contributed by atoms with Crippen molar-refractivity contribution in [1.29, 1.82) is 0 Å². The van der Waals surface area contributed by atoms with Crippen molar-refractivity contribution in [3.05, 3.63) is 46.7 Å². The van der Waals surface area contributed by atoms with Crippen molar-refractivity contribution in [2.24, 2.45) is 0 Å².